The number of hydrogen-bond acceptors (Lipinski definition) is 2. The molecular weight excluding hydrogens is 129 g/mol. The van der Waals surface area contributed by atoms with Crippen molar-refractivity contribution in [1.29, 1.82) is 0 Å². The van der Waals surface area contributed by atoms with Crippen LogP contribution in [0.4, 0.5) is 4.70 Å². The minimum Gasteiger partial charge on any atom is -0.417 e. The molecule has 1 rings (SSSR count). The Labute approximate surface area is 49.1 Å². The summed E-state index contributed by atoms with van der Waals surface area (Å²) in [5, 5.41) is 0. The van der Waals surface area contributed by atoms with Crippen molar-refractivity contribution >= 4 is 11.0 Å². The van der Waals surface area contributed by atoms with Crippen LogP contribution in [0.2, 0.25) is 0 Å². The van der Waals surface area contributed by atoms with Crippen LogP contribution in [0, 0.1) is 0 Å². The second-order valence-electron chi connectivity index (χ2n) is 0.852. The SMILES string of the molecule is F.O=c1[nH]cco1.[SiH4]. The molecule has 0 spiro atoms. The Hall–Kier alpha value is -0.843. The van der Waals surface area contributed by atoms with E-state index in [0.717, 1.165) is 0 Å². The lowest BCUT2D eigenvalue weighted by molar-refractivity contribution is 0.515. The lowest BCUT2D eigenvalue weighted by Gasteiger charge is -1.51. The molecule has 1 N–H and O–H groups in total. The van der Waals surface area contributed by atoms with Gasteiger partial charge in [-0.25, -0.2) is 4.79 Å². The van der Waals surface area contributed by atoms with Gasteiger partial charge in [-0.3, -0.25) is 9.69 Å². The van der Waals surface area contributed by atoms with Crippen LogP contribution >= 0.6 is 0 Å². The molecule has 1 aromatic rings. The molecule has 0 aliphatic heterocycles. The van der Waals surface area contributed by atoms with Crippen molar-refractivity contribution in [2.24, 2.45) is 0 Å². The number of aromatic nitrogens is 1. The van der Waals surface area contributed by atoms with Crippen molar-refractivity contribution in [3.63, 3.8) is 0 Å². The summed E-state index contributed by atoms with van der Waals surface area (Å²) >= 11 is 0. The van der Waals surface area contributed by atoms with E-state index in [1.54, 1.807) is 0 Å². The molecule has 0 radical (unpaired) electrons. The summed E-state index contributed by atoms with van der Waals surface area (Å²) in [7, 11) is 0. The van der Waals surface area contributed by atoms with Crippen LogP contribution < -0.4 is 5.76 Å². The molecule has 0 unspecified atom stereocenters. The molecule has 0 aromatic carbocycles. The summed E-state index contributed by atoms with van der Waals surface area (Å²) in [6, 6.07) is 0. The van der Waals surface area contributed by atoms with Gasteiger partial charge in [0.25, 0.3) is 0 Å². The molecule has 0 aliphatic rings. The van der Waals surface area contributed by atoms with Gasteiger partial charge in [-0.1, -0.05) is 0 Å². The van der Waals surface area contributed by atoms with Gasteiger partial charge in [0.2, 0.25) is 0 Å². The molecule has 0 fully saturated rings. The average molecular weight is 137 g/mol. The van der Waals surface area contributed by atoms with E-state index in [9.17, 15) is 4.79 Å². The molecule has 3 nitrogen and oxygen atoms in total. The first kappa shape index (κ1) is 10.2. The van der Waals surface area contributed by atoms with E-state index in [0.29, 0.717) is 0 Å². The third-order valence-electron chi connectivity index (χ3n) is 0.444. The lowest BCUT2D eigenvalue weighted by Crippen LogP contribution is -1.91. The highest BCUT2D eigenvalue weighted by molar-refractivity contribution is 5.75. The maximum absolute atomic E-state index is 9.85. The molecule has 0 bridgehead atoms. The zero-order valence-electron chi connectivity index (χ0n) is 3.38. The van der Waals surface area contributed by atoms with Crippen molar-refractivity contribution < 1.29 is 9.12 Å². The van der Waals surface area contributed by atoms with Crippen LogP contribution in [0.3, 0.4) is 0 Å². The van der Waals surface area contributed by atoms with Crippen molar-refractivity contribution in [3.05, 3.63) is 23.0 Å². The Morgan fingerprint density at radius 1 is 1.62 bits per heavy atom. The predicted octanol–water partition coefficient (Wildman–Crippen LogP) is -1.33. The highest BCUT2D eigenvalue weighted by Crippen LogP contribution is 1.62. The van der Waals surface area contributed by atoms with Crippen LogP contribution in [-0.2, 0) is 0 Å². The van der Waals surface area contributed by atoms with Crippen molar-refractivity contribution in [2.75, 3.05) is 0 Å². The zero-order valence-corrected chi connectivity index (χ0v) is 3.38. The molecule has 8 heavy (non-hydrogen) atoms. The quantitative estimate of drug-likeness (QED) is 0.450. The van der Waals surface area contributed by atoms with Crippen LogP contribution in [0.1, 0.15) is 0 Å². The molecule has 0 atom stereocenters. The van der Waals surface area contributed by atoms with Crippen molar-refractivity contribution in [2.45, 2.75) is 0 Å². The van der Waals surface area contributed by atoms with Gasteiger partial charge < -0.3 is 4.42 Å². The fourth-order valence-corrected chi connectivity index (χ4v) is 0.232. The lowest BCUT2D eigenvalue weighted by atomic mass is 11.0. The summed E-state index contributed by atoms with van der Waals surface area (Å²) in [5.74, 6) is -0.407. The summed E-state index contributed by atoms with van der Waals surface area (Å²) in [6.45, 7) is 0. The molecular formula is C3H8FNO2Si. The zero-order chi connectivity index (χ0) is 4.41. The number of rotatable bonds is 0. The summed E-state index contributed by atoms with van der Waals surface area (Å²) in [6.07, 6.45) is 2.73. The van der Waals surface area contributed by atoms with E-state index >= 15 is 0 Å². The topological polar surface area (TPSA) is 46.0 Å². The van der Waals surface area contributed by atoms with Gasteiger partial charge in [0.1, 0.15) is 6.26 Å². The van der Waals surface area contributed by atoms with E-state index < -0.39 is 5.76 Å². The monoisotopic (exact) mass is 137 g/mol. The van der Waals surface area contributed by atoms with E-state index in [4.69, 9.17) is 0 Å². The highest BCUT2D eigenvalue weighted by atomic mass is 28.1. The van der Waals surface area contributed by atoms with Gasteiger partial charge in [0.05, 0.1) is 0 Å². The van der Waals surface area contributed by atoms with Gasteiger partial charge in [-0.15, -0.1) is 0 Å². The normalized spacial score (nSPS) is 6.50. The van der Waals surface area contributed by atoms with Gasteiger partial charge in [-0.05, 0) is 11.0 Å². The van der Waals surface area contributed by atoms with Crippen molar-refractivity contribution in [3.8, 4) is 0 Å². The molecule has 48 valence electrons. The van der Waals surface area contributed by atoms with Crippen LogP contribution in [0.25, 0.3) is 0 Å². The largest absolute Gasteiger partial charge is 0.417 e. The average Bonchev–Trinajstić information content (AvgIpc) is 1.86. The van der Waals surface area contributed by atoms with E-state index in [2.05, 4.69) is 9.40 Å². The standard InChI is InChI=1S/C3H3NO2.FH.H4Si/c5-3-4-1-2-6-3;;/h1-2H,(H,4,5);1H;1H4. The summed E-state index contributed by atoms with van der Waals surface area (Å²) in [4.78, 5) is 12.1. The van der Waals surface area contributed by atoms with E-state index in [1.807, 2.05) is 0 Å². The molecule has 0 saturated carbocycles. The Balaban J connectivity index is 0. The number of oxazole rings is 1. The second kappa shape index (κ2) is 4.32. The molecule has 1 heterocycles. The van der Waals surface area contributed by atoms with E-state index in [-0.39, 0.29) is 15.7 Å². The summed E-state index contributed by atoms with van der Waals surface area (Å²) in [5.41, 5.74) is 0. The van der Waals surface area contributed by atoms with Crippen molar-refractivity contribution in [1.82, 2.24) is 4.98 Å². The minimum atomic E-state index is -0.407. The fraction of sp³-hybridized carbons (Fsp3) is 0. The van der Waals surface area contributed by atoms with Crippen LogP contribution in [-0.4, -0.2) is 15.9 Å². The smallest absolute Gasteiger partial charge is 0.416 e. The first-order valence-electron chi connectivity index (χ1n) is 1.52. The summed E-state index contributed by atoms with van der Waals surface area (Å²) < 4.78 is 4.22. The molecule has 0 saturated heterocycles. The Morgan fingerprint density at radius 2 is 2.25 bits per heavy atom. The predicted molar refractivity (Wildman–Crippen MR) is 33.2 cm³/mol. The van der Waals surface area contributed by atoms with Crippen LogP contribution in [0.15, 0.2) is 21.7 Å². The molecule has 1 aromatic heterocycles. The van der Waals surface area contributed by atoms with Gasteiger partial charge >= 0.3 is 5.76 Å². The first-order valence-corrected chi connectivity index (χ1v) is 1.52. The third kappa shape index (κ3) is 2.35. The van der Waals surface area contributed by atoms with E-state index in [1.165, 1.54) is 12.5 Å². The highest BCUT2D eigenvalue weighted by Gasteiger charge is 1.72. The minimum absolute atomic E-state index is 0. The Bertz CT molecular complexity index is 155. The number of nitrogens with one attached hydrogen (secondary N) is 1. The molecule has 5 heteroatoms. The maximum Gasteiger partial charge on any atom is 0.416 e. The van der Waals surface area contributed by atoms with Gasteiger partial charge in [-0.2, -0.15) is 0 Å². The van der Waals surface area contributed by atoms with Gasteiger partial charge in [0, 0.05) is 6.20 Å². The number of halogens is 1. The first-order chi connectivity index (χ1) is 2.89. The third-order valence-corrected chi connectivity index (χ3v) is 0.444. The number of H-pyrrole nitrogens is 1. The van der Waals surface area contributed by atoms with Crippen LogP contribution in [0.5, 0.6) is 0 Å². The molecule has 0 amide bonds. The Kier molecular flexibility index (Phi) is 5.51. The molecule has 0 aliphatic carbocycles. The number of hydrogen-bond donors (Lipinski definition) is 1. The second-order valence-corrected chi connectivity index (χ2v) is 0.852. The fourth-order valence-electron chi connectivity index (χ4n) is 0.232. The van der Waals surface area contributed by atoms with Gasteiger partial charge in [0.15, 0.2) is 0 Å². The Morgan fingerprint density at radius 3 is 2.38 bits per heavy atom. The number of aromatic amines is 1. The maximum atomic E-state index is 9.85.